The van der Waals surface area contributed by atoms with Crippen molar-refractivity contribution in [2.24, 2.45) is 5.73 Å². The van der Waals surface area contributed by atoms with Gasteiger partial charge in [0, 0.05) is 24.0 Å². The molecule has 3 nitrogen and oxygen atoms in total. The molecular formula is C17H19N3. The Kier molecular flexibility index (Phi) is 4.75. The van der Waals surface area contributed by atoms with Crippen molar-refractivity contribution < 1.29 is 0 Å². The van der Waals surface area contributed by atoms with Crippen LogP contribution in [0.25, 0.3) is 0 Å². The van der Waals surface area contributed by atoms with Crippen LogP contribution in [0.5, 0.6) is 0 Å². The zero-order chi connectivity index (χ0) is 14.4. The SMILES string of the molecule is C[C@H](N)c1ccc(N(CCC#N)c2ccccc2)cc1. The second-order valence-electron chi connectivity index (χ2n) is 4.78. The summed E-state index contributed by atoms with van der Waals surface area (Å²) in [7, 11) is 0. The lowest BCUT2D eigenvalue weighted by molar-refractivity contribution is 0.817. The van der Waals surface area contributed by atoms with E-state index in [4.69, 9.17) is 11.0 Å². The van der Waals surface area contributed by atoms with Crippen molar-refractivity contribution in [2.45, 2.75) is 19.4 Å². The summed E-state index contributed by atoms with van der Waals surface area (Å²) >= 11 is 0. The predicted molar refractivity (Wildman–Crippen MR) is 82.7 cm³/mol. The minimum atomic E-state index is 0.0355. The Labute approximate surface area is 120 Å². The van der Waals surface area contributed by atoms with Crippen LogP contribution in [0.2, 0.25) is 0 Å². The molecule has 102 valence electrons. The van der Waals surface area contributed by atoms with Gasteiger partial charge in [-0.15, -0.1) is 0 Å². The molecule has 2 rings (SSSR count). The first kappa shape index (κ1) is 14.1. The fourth-order valence-electron chi connectivity index (χ4n) is 2.13. The third-order valence-electron chi connectivity index (χ3n) is 3.25. The summed E-state index contributed by atoms with van der Waals surface area (Å²) in [5.74, 6) is 0. The maximum Gasteiger partial charge on any atom is 0.0640 e. The van der Waals surface area contributed by atoms with Crippen LogP contribution in [0.15, 0.2) is 54.6 Å². The zero-order valence-corrected chi connectivity index (χ0v) is 11.7. The van der Waals surface area contributed by atoms with Gasteiger partial charge in [0.1, 0.15) is 0 Å². The highest BCUT2D eigenvalue weighted by molar-refractivity contribution is 5.63. The Morgan fingerprint density at radius 1 is 1.05 bits per heavy atom. The van der Waals surface area contributed by atoms with Crippen molar-refractivity contribution in [2.75, 3.05) is 11.4 Å². The Morgan fingerprint density at radius 3 is 2.20 bits per heavy atom. The minimum Gasteiger partial charge on any atom is -0.340 e. The number of hydrogen-bond donors (Lipinski definition) is 1. The van der Waals surface area contributed by atoms with Crippen molar-refractivity contribution >= 4 is 11.4 Å². The third kappa shape index (κ3) is 3.37. The number of nitrogens with two attached hydrogens (primary N) is 1. The van der Waals surface area contributed by atoms with Crippen LogP contribution in [-0.4, -0.2) is 6.54 Å². The molecule has 1 atom stereocenters. The van der Waals surface area contributed by atoms with Crippen LogP contribution in [-0.2, 0) is 0 Å². The minimum absolute atomic E-state index is 0.0355. The van der Waals surface area contributed by atoms with Crippen LogP contribution in [0, 0.1) is 11.3 Å². The summed E-state index contributed by atoms with van der Waals surface area (Å²) in [6.45, 7) is 2.65. The molecule has 0 fully saturated rings. The number of nitriles is 1. The normalized spacial score (nSPS) is 11.7. The molecule has 0 heterocycles. The lowest BCUT2D eigenvalue weighted by atomic mass is 10.1. The van der Waals surface area contributed by atoms with Crippen LogP contribution in [0.1, 0.15) is 24.9 Å². The summed E-state index contributed by atoms with van der Waals surface area (Å²) < 4.78 is 0. The monoisotopic (exact) mass is 265 g/mol. The Balaban J connectivity index is 2.29. The van der Waals surface area contributed by atoms with Gasteiger partial charge in [0.05, 0.1) is 12.5 Å². The van der Waals surface area contributed by atoms with Crippen LogP contribution in [0.4, 0.5) is 11.4 Å². The molecule has 20 heavy (non-hydrogen) atoms. The molecule has 2 aromatic rings. The van der Waals surface area contributed by atoms with Gasteiger partial charge in [-0.1, -0.05) is 30.3 Å². The van der Waals surface area contributed by atoms with Gasteiger partial charge in [-0.2, -0.15) is 5.26 Å². The highest BCUT2D eigenvalue weighted by Gasteiger charge is 2.09. The molecule has 2 aromatic carbocycles. The molecule has 2 N–H and O–H groups in total. The van der Waals surface area contributed by atoms with Gasteiger partial charge in [0.25, 0.3) is 0 Å². The maximum atomic E-state index is 8.83. The van der Waals surface area contributed by atoms with Crippen molar-refractivity contribution in [3.63, 3.8) is 0 Å². The van der Waals surface area contributed by atoms with E-state index in [1.807, 2.05) is 37.3 Å². The molecule has 3 heteroatoms. The van der Waals surface area contributed by atoms with E-state index in [0.717, 1.165) is 16.9 Å². The average Bonchev–Trinajstić information content (AvgIpc) is 2.49. The summed E-state index contributed by atoms with van der Waals surface area (Å²) in [6, 6.07) is 20.6. The highest BCUT2D eigenvalue weighted by Crippen LogP contribution is 2.26. The topological polar surface area (TPSA) is 53.0 Å². The average molecular weight is 265 g/mol. The first-order valence-corrected chi connectivity index (χ1v) is 6.77. The molecule has 0 unspecified atom stereocenters. The first-order valence-electron chi connectivity index (χ1n) is 6.77. The van der Waals surface area contributed by atoms with Gasteiger partial charge in [-0.05, 0) is 36.8 Å². The van der Waals surface area contributed by atoms with E-state index in [2.05, 4.69) is 35.2 Å². The number of rotatable bonds is 5. The molecular weight excluding hydrogens is 246 g/mol. The fraction of sp³-hybridized carbons (Fsp3) is 0.235. The van der Waals surface area contributed by atoms with Gasteiger partial charge >= 0.3 is 0 Å². The highest BCUT2D eigenvalue weighted by atomic mass is 15.1. The zero-order valence-electron chi connectivity index (χ0n) is 11.7. The maximum absolute atomic E-state index is 8.83. The number of hydrogen-bond acceptors (Lipinski definition) is 3. The Hall–Kier alpha value is -2.31. The largest absolute Gasteiger partial charge is 0.340 e. The van der Waals surface area contributed by atoms with E-state index in [-0.39, 0.29) is 6.04 Å². The second kappa shape index (κ2) is 6.74. The van der Waals surface area contributed by atoms with Crippen LogP contribution in [0.3, 0.4) is 0 Å². The number of anilines is 2. The Morgan fingerprint density at radius 2 is 1.65 bits per heavy atom. The summed E-state index contributed by atoms with van der Waals surface area (Å²) in [4.78, 5) is 2.15. The Bertz CT molecular complexity index is 567. The summed E-state index contributed by atoms with van der Waals surface area (Å²) in [5, 5.41) is 8.83. The summed E-state index contributed by atoms with van der Waals surface area (Å²) in [5.41, 5.74) is 9.16. The van der Waals surface area contributed by atoms with Gasteiger partial charge in [0.15, 0.2) is 0 Å². The molecule has 0 saturated carbocycles. The molecule has 0 amide bonds. The lowest BCUT2D eigenvalue weighted by Crippen LogP contribution is -2.18. The van der Waals surface area contributed by atoms with E-state index in [9.17, 15) is 0 Å². The van der Waals surface area contributed by atoms with Crippen molar-refractivity contribution in [3.8, 4) is 6.07 Å². The van der Waals surface area contributed by atoms with E-state index >= 15 is 0 Å². The molecule has 0 aliphatic heterocycles. The molecule has 0 aromatic heterocycles. The van der Waals surface area contributed by atoms with Crippen molar-refractivity contribution in [1.29, 1.82) is 5.26 Å². The van der Waals surface area contributed by atoms with E-state index < -0.39 is 0 Å². The fourth-order valence-corrected chi connectivity index (χ4v) is 2.13. The molecule has 0 aliphatic carbocycles. The quantitative estimate of drug-likeness (QED) is 0.895. The predicted octanol–water partition coefficient (Wildman–Crippen LogP) is 3.76. The lowest BCUT2D eigenvalue weighted by Gasteiger charge is -2.24. The van der Waals surface area contributed by atoms with Crippen LogP contribution < -0.4 is 10.6 Å². The second-order valence-corrected chi connectivity index (χ2v) is 4.78. The molecule has 0 bridgehead atoms. The van der Waals surface area contributed by atoms with Crippen molar-refractivity contribution in [1.82, 2.24) is 0 Å². The van der Waals surface area contributed by atoms with Gasteiger partial charge in [-0.3, -0.25) is 0 Å². The van der Waals surface area contributed by atoms with Gasteiger partial charge in [-0.25, -0.2) is 0 Å². The smallest absolute Gasteiger partial charge is 0.0640 e. The molecule has 0 radical (unpaired) electrons. The van der Waals surface area contributed by atoms with Gasteiger partial charge < -0.3 is 10.6 Å². The molecule has 0 saturated heterocycles. The summed E-state index contributed by atoms with van der Waals surface area (Å²) in [6.07, 6.45) is 0.490. The standard InChI is InChI=1S/C17H19N3/c1-14(19)15-8-10-17(11-9-15)20(13-5-12-18)16-6-3-2-4-7-16/h2-4,6-11,14H,5,13,19H2,1H3/t14-/m0/s1. The van der Waals surface area contributed by atoms with E-state index in [1.165, 1.54) is 0 Å². The van der Waals surface area contributed by atoms with Crippen molar-refractivity contribution in [3.05, 3.63) is 60.2 Å². The van der Waals surface area contributed by atoms with Gasteiger partial charge in [0.2, 0.25) is 0 Å². The number of nitrogens with zero attached hydrogens (tertiary/aromatic N) is 2. The van der Waals surface area contributed by atoms with E-state index in [1.54, 1.807) is 0 Å². The van der Waals surface area contributed by atoms with Crippen LogP contribution >= 0.6 is 0 Å². The third-order valence-corrected chi connectivity index (χ3v) is 3.25. The molecule has 0 aliphatic rings. The molecule has 0 spiro atoms. The first-order chi connectivity index (χ1) is 9.72. The number of benzene rings is 2. The number of para-hydroxylation sites is 1. The van der Waals surface area contributed by atoms with E-state index in [0.29, 0.717) is 13.0 Å².